The number of benzene rings is 1. The summed E-state index contributed by atoms with van der Waals surface area (Å²) < 4.78 is 11.6. The highest BCUT2D eigenvalue weighted by Crippen LogP contribution is 2.40. The third-order valence-corrected chi connectivity index (χ3v) is 6.06. The van der Waals surface area contributed by atoms with Gasteiger partial charge in [-0.25, -0.2) is 4.79 Å². The molecule has 4 nitrogen and oxygen atoms in total. The number of rotatable bonds is 3. The van der Waals surface area contributed by atoms with Crippen molar-refractivity contribution < 1.29 is 14.3 Å². The molecule has 0 bridgehead atoms. The van der Waals surface area contributed by atoms with Crippen LogP contribution in [0.25, 0.3) is 10.1 Å². The van der Waals surface area contributed by atoms with Gasteiger partial charge in [0.15, 0.2) is 0 Å². The van der Waals surface area contributed by atoms with Crippen LogP contribution in [0.4, 0.5) is 5.69 Å². The minimum Gasteiger partial charge on any atom is -0.462 e. The van der Waals surface area contributed by atoms with Crippen LogP contribution < -0.4 is 4.90 Å². The van der Waals surface area contributed by atoms with Gasteiger partial charge < -0.3 is 14.4 Å². The molecule has 1 aromatic carbocycles. The van der Waals surface area contributed by atoms with Crippen LogP contribution in [0.5, 0.6) is 0 Å². The first kappa shape index (κ1) is 15.0. The first-order chi connectivity index (χ1) is 11.2. The van der Waals surface area contributed by atoms with E-state index in [2.05, 4.69) is 23.1 Å². The molecule has 4 rings (SSSR count). The van der Waals surface area contributed by atoms with Gasteiger partial charge in [-0.2, -0.15) is 0 Å². The van der Waals surface area contributed by atoms with Crippen LogP contribution in [0.3, 0.4) is 0 Å². The van der Waals surface area contributed by atoms with Gasteiger partial charge in [0.1, 0.15) is 4.88 Å². The molecule has 0 saturated carbocycles. The fraction of sp³-hybridized carbons (Fsp3) is 0.500. The van der Waals surface area contributed by atoms with Gasteiger partial charge in [-0.3, -0.25) is 0 Å². The number of fused-ring (bicyclic) bond motifs is 1. The fourth-order valence-electron chi connectivity index (χ4n) is 3.44. The average Bonchev–Trinajstić information content (AvgIpc) is 2.97. The molecule has 2 fully saturated rings. The monoisotopic (exact) mass is 331 g/mol. The molecule has 2 aromatic rings. The zero-order valence-corrected chi connectivity index (χ0v) is 14.2. The topological polar surface area (TPSA) is 38.8 Å². The first-order valence-electron chi connectivity index (χ1n) is 8.23. The molecule has 1 aromatic heterocycles. The summed E-state index contributed by atoms with van der Waals surface area (Å²) >= 11 is 1.52. The van der Waals surface area contributed by atoms with Crippen LogP contribution in [0.1, 0.15) is 29.4 Å². The average molecular weight is 331 g/mol. The summed E-state index contributed by atoms with van der Waals surface area (Å²) in [7, 11) is 0. The maximum Gasteiger partial charge on any atom is 0.348 e. The number of nitrogens with zero attached hydrogens (tertiary/aromatic N) is 1. The normalized spacial score (nSPS) is 19.8. The number of carbonyl (C=O) groups is 1. The molecule has 2 aliphatic rings. The lowest BCUT2D eigenvalue weighted by molar-refractivity contribution is -0.124. The molecule has 0 atom stereocenters. The zero-order chi connectivity index (χ0) is 15.9. The molecule has 2 saturated heterocycles. The van der Waals surface area contributed by atoms with E-state index in [1.165, 1.54) is 29.9 Å². The summed E-state index contributed by atoms with van der Waals surface area (Å²) in [5.41, 5.74) is 1.71. The van der Waals surface area contributed by atoms with E-state index in [1.807, 2.05) is 13.0 Å². The van der Waals surface area contributed by atoms with Gasteiger partial charge in [-0.1, -0.05) is 6.07 Å². The second-order valence-corrected chi connectivity index (χ2v) is 7.62. The van der Waals surface area contributed by atoms with Gasteiger partial charge >= 0.3 is 5.97 Å². The van der Waals surface area contributed by atoms with Gasteiger partial charge in [0.25, 0.3) is 0 Å². The number of anilines is 1. The van der Waals surface area contributed by atoms with Gasteiger partial charge in [0.05, 0.1) is 19.8 Å². The van der Waals surface area contributed by atoms with Gasteiger partial charge in [0.2, 0.25) is 0 Å². The SMILES string of the molecule is CCOC(=O)c1cc2ccc(N3CCC4(CC3)COC4)cc2s1. The third-order valence-electron chi connectivity index (χ3n) is 4.99. The zero-order valence-electron chi connectivity index (χ0n) is 13.3. The van der Waals surface area contributed by atoms with Crippen molar-refractivity contribution in [3.63, 3.8) is 0 Å². The van der Waals surface area contributed by atoms with Crippen LogP contribution in [0.15, 0.2) is 24.3 Å². The molecule has 2 aliphatic heterocycles. The van der Waals surface area contributed by atoms with Crippen LogP contribution in [-0.4, -0.2) is 38.9 Å². The highest BCUT2D eigenvalue weighted by Gasteiger charge is 2.41. The highest BCUT2D eigenvalue weighted by atomic mass is 32.1. The van der Waals surface area contributed by atoms with Crippen LogP contribution in [-0.2, 0) is 9.47 Å². The number of carbonyl (C=O) groups excluding carboxylic acids is 1. The standard InChI is InChI=1S/C18H21NO3S/c1-2-22-17(20)16-9-13-3-4-14(10-15(13)23-16)19-7-5-18(6-8-19)11-21-12-18/h3-4,9-10H,2,5-8,11-12H2,1H3. The van der Waals surface area contributed by atoms with Crippen molar-refractivity contribution in [1.29, 1.82) is 0 Å². The Labute approximate surface area is 140 Å². The minimum atomic E-state index is -0.222. The fourth-order valence-corrected chi connectivity index (χ4v) is 4.43. The maximum atomic E-state index is 11.9. The Morgan fingerprint density at radius 3 is 2.74 bits per heavy atom. The van der Waals surface area contributed by atoms with Crippen LogP contribution in [0.2, 0.25) is 0 Å². The summed E-state index contributed by atoms with van der Waals surface area (Å²) in [6.45, 7) is 6.30. The highest BCUT2D eigenvalue weighted by molar-refractivity contribution is 7.20. The molecule has 0 N–H and O–H groups in total. The molecule has 5 heteroatoms. The van der Waals surface area contributed by atoms with Crippen molar-refractivity contribution in [2.45, 2.75) is 19.8 Å². The Morgan fingerprint density at radius 1 is 1.30 bits per heavy atom. The lowest BCUT2D eigenvalue weighted by Crippen LogP contribution is -2.50. The summed E-state index contributed by atoms with van der Waals surface area (Å²) in [6, 6.07) is 8.41. The van der Waals surface area contributed by atoms with Crippen molar-refractivity contribution in [1.82, 2.24) is 0 Å². The van der Waals surface area contributed by atoms with Gasteiger partial charge in [-0.15, -0.1) is 11.3 Å². The number of hydrogen-bond acceptors (Lipinski definition) is 5. The van der Waals surface area contributed by atoms with Crippen LogP contribution >= 0.6 is 11.3 Å². The number of thiophene rings is 1. The van der Waals surface area contributed by atoms with Crippen molar-refractivity contribution in [2.75, 3.05) is 37.8 Å². The second-order valence-electron chi connectivity index (χ2n) is 6.53. The summed E-state index contributed by atoms with van der Waals surface area (Å²) in [5, 5.41) is 1.11. The second kappa shape index (κ2) is 5.80. The van der Waals surface area contributed by atoms with E-state index in [1.54, 1.807) is 0 Å². The molecular formula is C18H21NO3S. The van der Waals surface area contributed by atoms with Gasteiger partial charge in [0, 0.05) is 28.9 Å². The molecule has 0 unspecified atom stereocenters. The minimum absolute atomic E-state index is 0.222. The van der Waals surface area contributed by atoms with Crippen molar-refractivity contribution in [3.8, 4) is 0 Å². The van der Waals surface area contributed by atoms with Crippen molar-refractivity contribution >= 4 is 33.1 Å². The van der Waals surface area contributed by atoms with E-state index in [9.17, 15) is 4.79 Å². The molecule has 3 heterocycles. The Balaban J connectivity index is 1.53. The van der Waals surface area contributed by atoms with E-state index >= 15 is 0 Å². The molecule has 0 radical (unpaired) electrons. The first-order valence-corrected chi connectivity index (χ1v) is 9.04. The summed E-state index contributed by atoms with van der Waals surface area (Å²) in [4.78, 5) is 15.0. The molecule has 122 valence electrons. The molecule has 1 spiro atoms. The third kappa shape index (κ3) is 2.72. The predicted octanol–water partition coefficient (Wildman–Crippen LogP) is 3.69. The molecular weight excluding hydrogens is 310 g/mol. The number of ether oxygens (including phenoxy) is 2. The maximum absolute atomic E-state index is 11.9. The van der Waals surface area contributed by atoms with E-state index in [4.69, 9.17) is 9.47 Å². The van der Waals surface area contributed by atoms with Crippen molar-refractivity contribution in [3.05, 3.63) is 29.1 Å². The lowest BCUT2D eigenvalue weighted by atomic mass is 9.77. The number of esters is 1. The Morgan fingerprint density at radius 2 is 2.09 bits per heavy atom. The van der Waals surface area contributed by atoms with E-state index < -0.39 is 0 Å². The largest absolute Gasteiger partial charge is 0.462 e. The van der Waals surface area contributed by atoms with Crippen molar-refractivity contribution in [2.24, 2.45) is 5.41 Å². The van der Waals surface area contributed by atoms with E-state index in [0.717, 1.165) is 36.4 Å². The Hall–Kier alpha value is -1.59. The van der Waals surface area contributed by atoms with Gasteiger partial charge in [-0.05, 0) is 43.4 Å². The Bertz CT molecular complexity index is 725. The predicted molar refractivity (Wildman–Crippen MR) is 92.5 cm³/mol. The van der Waals surface area contributed by atoms with E-state index in [0.29, 0.717) is 16.9 Å². The molecule has 0 aliphatic carbocycles. The smallest absolute Gasteiger partial charge is 0.348 e. The molecule has 23 heavy (non-hydrogen) atoms. The number of piperidine rings is 1. The molecule has 0 amide bonds. The number of hydrogen-bond donors (Lipinski definition) is 0. The summed E-state index contributed by atoms with van der Waals surface area (Å²) in [6.07, 6.45) is 2.42. The van der Waals surface area contributed by atoms with Crippen LogP contribution in [0, 0.1) is 5.41 Å². The Kier molecular flexibility index (Phi) is 3.77. The summed E-state index contributed by atoms with van der Waals surface area (Å²) in [5.74, 6) is -0.222. The lowest BCUT2D eigenvalue weighted by Gasteiger charge is -2.47. The van der Waals surface area contributed by atoms with E-state index in [-0.39, 0.29) is 5.97 Å². The quantitative estimate of drug-likeness (QED) is 0.804.